The van der Waals surface area contributed by atoms with Crippen molar-refractivity contribution in [3.63, 3.8) is 0 Å². The van der Waals surface area contributed by atoms with E-state index in [4.69, 9.17) is 11.6 Å². The van der Waals surface area contributed by atoms with Gasteiger partial charge in [-0.2, -0.15) is 0 Å². The Morgan fingerprint density at radius 3 is 2.00 bits per heavy atom. The van der Waals surface area contributed by atoms with E-state index in [9.17, 15) is 0 Å². The van der Waals surface area contributed by atoms with E-state index in [2.05, 4.69) is 13.0 Å². The molecule has 1 aromatic carbocycles. The summed E-state index contributed by atoms with van der Waals surface area (Å²) < 4.78 is 0. The fraction of sp³-hybridized carbons (Fsp3) is 0.571. The predicted molar refractivity (Wildman–Crippen MR) is 70.9 cm³/mol. The average Bonchev–Trinajstić information content (AvgIpc) is 3.08. The summed E-state index contributed by atoms with van der Waals surface area (Å²) in [6.45, 7) is 10.1. The molecule has 0 spiro atoms. The summed E-state index contributed by atoms with van der Waals surface area (Å²) in [5.74, 6) is 0.767. The van der Waals surface area contributed by atoms with Crippen LogP contribution in [0.5, 0.6) is 0 Å². The Bertz CT molecular complexity index is 254. The monoisotopic (exact) mass is 226 g/mol. The van der Waals surface area contributed by atoms with Gasteiger partial charge in [0, 0.05) is 5.02 Å². The second-order valence-corrected chi connectivity index (χ2v) is 3.65. The second-order valence-electron chi connectivity index (χ2n) is 3.24. The molecule has 2 rings (SSSR count). The van der Waals surface area contributed by atoms with Crippen molar-refractivity contribution in [3.8, 4) is 0 Å². The Hall–Kier alpha value is -0.490. The van der Waals surface area contributed by atoms with Crippen LogP contribution in [0.1, 0.15) is 57.6 Å². The molecule has 0 aromatic heterocycles. The molecule has 15 heavy (non-hydrogen) atoms. The molecule has 0 bridgehead atoms. The Morgan fingerprint density at radius 1 is 1.07 bits per heavy atom. The van der Waals surface area contributed by atoms with Gasteiger partial charge >= 0.3 is 0 Å². The first-order valence-electron chi connectivity index (χ1n) is 6.04. The number of rotatable bonds is 1. The smallest absolute Gasteiger partial charge is 0.0443 e. The SMILES string of the molecule is CC.CC.Cc1cccc(Cl)c1C1CC1. The lowest BCUT2D eigenvalue weighted by atomic mass is 10.1. The Labute approximate surface area is 99.7 Å². The average molecular weight is 227 g/mol. The summed E-state index contributed by atoms with van der Waals surface area (Å²) >= 11 is 6.06. The van der Waals surface area contributed by atoms with Crippen molar-refractivity contribution in [3.05, 3.63) is 34.3 Å². The summed E-state index contributed by atoms with van der Waals surface area (Å²) in [6.07, 6.45) is 2.65. The van der Waals surface area contributed by atoms with Gasteiger partial charge < -0.3 is 0 Å². The van der Waals surface area contributed by atoms with Crippen LogP contribution in [0, 0.1) is 6.92 Å². The third-order valence-corrected chi connectivity index (χ3v) is 2.59. The highest BCUT2D eigenvalue weighted by atomic mass is 35.5. The van der Waals surface area contributed by atoms with E-state index in [-0.39, 0.29) is 0 Å². The second kappa shape index (κ2) is 7.76. The quantitative estimate of drug-likeness (QED) is 0.587. The first kappa shape index (κ1) is 14.5. The summed E-state index contributed by atoms with van der Waals surface area (Å²) in [5.41, 5.74) is 2.73. The topological polar surface area (TPSA) is 0 Å². The Kier molecular flexibility index (Phi) is 7.50. The molecule has 0 radical (unpaired) electrons. The molecule has 86 valence electrons. The normalized spacial score (nSPS) is 13.2. The Morgan fingerprint density at radius 2 is 1.60 bits per heavy atom. The van der Waals surface area contributed by atoms with Gasteiger partial charge in [-0.3, -0.25) is 0 Å². The van der Waals surface area contributed by atoms with Gasteiger partial charge in [-0.05, 0) is 42.9 Å². The van der Waals surface area contributed by atoms with Gasteiger partial charge in [-0.1, -0.05) is 51.4 Å². The van der Waals surface area contributed by atoms with Crippen LogP contribution in [0.4, 0.5) is 0 Å². The maximum absolute atomic E-state index is 6.06. The van der Waals surface area contributed by atoms with Crippen molar-refractivity contribution in [2.75, 3.05) is 0 Å². The molecule has 0 unspecified atom stereocenters. The van der Waals surface area contributed by atoms with Gasteiger partial charge in [0.2, 0.25) is 0 Å². The predicted octanol–water partition coefficient (Wildman–Crippen LogP) is 5.58. The van der Waals surface area contributed by atoms with Crippen molar-refractivity contribution in [1.82, 2.24) is 0 Å². The van der Waals surface area contributed by atoms with Gasteiger partial charge in [0.1, 0.15) is 0 Å². The lowest BCUT2D eigenvalue weighted by molar-refractivity contribution is 1.10. The largest absolute Gasteiger partial charge is 0.0840 e. The van der Waals surface area contributed by atoms with Crippen molar-refractivity contribution >= 4 is 11.6 Å². The first-order chi connectivity index (χ1) is 7.29. The van der Waals surface area contributed by atoms with Crippen LogP contribution in [0.15, 0.2) is 18.2 Å². The van der Waals surface area contributed by atoms with Crippen LogP contribution in [0.2, 0.25) is 5.02 Å². The summed E-state index contributed by atoms with van der Waals surface area (Å²) in [7, 11) is 0. The number of hydrogen-bond donors (Lipinski definition) is 0. The van der Waals surface area contributed by atoms with Crippen LogP contribution in [0.3, 0.4) is 0 Å². The molecule has 0 N–H and O–H groups in total. The van der Waals surface area contributed by atoms with Gasteiger partial charge in [0.15, 0.2) is 0 Å². The summed E-state index contributed by atoms with van der Waals surface area (Å²) in [6, 6.07) is 6.14. The lowest BCUT2D eigenvalue weighted by Crippen LogP contribution is -1.85. The van der Waals surface area contributed by atoms with E-state index in [1.807, 2.05) is 39.8 Å². The van der Waals surface area contributed by atoms with E-state index >= 15 is 0 Å². The van der Waals surface area contributed by atoms with Crippen LogP contribution < -0.4 is 0 Å². The van der Waals surface area contributed by atoms with Crippen molar-refractivity contribution in [2.45, 2.75) is 53.4 Å². The molecule has 0 aliphatic heterocycles. The van der Waals surface area contributed by atoms with Crippen LogP contribution in [-0.4, -0.2) is 0 Å². The van der Waals surface area contributed by atoms with E-state index in [0.717, 1.165) is 10.9 Å². The zero-order valence-corrected chi connectivity index (χ0v) is 11.4. The molecule has 0 nitrogen and oxygen atoms in total. The molecule has 1 heteroatoms. The molecular formula is C14H23Cl. The standard InChI is InChI=1S/C10H11Cl.2C2H6/c1-7-3-2-4-9(11)10(7)8-5-6-8;2*1-2/h2-4,8H,5-6H2,1H3;2*1-2H3. The minimum absolute atomic E-state index is 0.767. The highest BCUT2D eigenvalue weighted by Gasteiger charge is 2.26. The summed E-state index contributed by atoms with van der Waals surface area (Å²) in [4.78, 5) is 0. The van der Waals surface area contributed by atoms with Crippen LogP contribution in [0.25, 0.3) is 0 Å². The molecule has 1 aliphatic rings. The summed E-state index contributed by atoms with van der Waals surface area (Å²) in [5, 5.41) is 0.951. The van der Waals surface area contributed by atoms with Gasteiger partial charge in [0.25, 0.3) is 0 Å². The van der Waals surface area contributed by atoms with Crippen molar-refractivity contribution in [1.29, 1.82) is 0 Å². The maximum Gasteiger partial charge on any atom is 0.0443 e. The number of benzene rings is 1. The zero-order valence-electron chi connectivity index (χ0n) is 10.6. The molecule has 1 aliphatic carbocycles. The minimum Gasteiger partial charge on any atom is -0.0840 e. The van der Waals surface area contributed by atoms with E-state index in [0.29, 0.717) is 0 Å². The zero-order chi connectivity index (χ0) is 11.8. The highest BCUT2D eigenvalue weighted by Crippen LogP contribution is 2.44. The molecule has 0 heterocycles. The van der Waals surface area contributed by atoms with Gasteiger partial charge in [-0.25, -0.2) is 0 Å². The van der Waals surface area contributed by atoms with E-state index < -0.39 is 0 Å². The minimum atomic E-state index is 0.767. The van der Waals surface area contributed by atoms with E-state index in [1.165, 1.54) is 24.0 Å². The van der Waals surface area contributed by atoms with Gasteiger partial charge in [-0.15, -0.1) is 0 Å². The third kappa shape index (κ3) is 4.25. The van der Waals surface area contributed by atoms with Crippen LogP contribution >= 0.6 is 11.6 Å². The number of hydrogen-bond acceptors (Lipinski definition) is 0. The first-order valence-corrected chi connectivity index (χ1v) is 6.42. The van der Waals surface area contributed by atoms with Crippen LogP contribution in [-0.2, 0) is 0 Å². The van der Waals surface area contributed by atoms with Crippen molar-refractivity contribution in [2.24, 2.45) is 0 Å². The number of halogens is 1. The van der Waals surface area contributed by atoms with E-state index in [1.54, 1.807) is 0 Å². The third-order valence-electron chi connectivity index (χ3n) is 2.26. The van der Waals surface area contributed by atoms with Gasteiger partial charge in [0.05, 0.1) is 0 Å². The van der Waals surface area contributed by atoms with Crippen molar-refractivity contribution < 1.29 is 0 Å². The molecule has 0 atom stereocenters. The Balaban J connectivity index is 0.000000442. The molecule has 1 saturated carbocycles. The fourth-order valence-corrected chi connectivity index (χ4v) is 1.91. The number of aryl methyl sites for hydroxylation is 1. The fourth-order valence-electron chi connectivity index (χ4n) is 1.53. The molecule has 0 saturated heterocycles. The molecule has 1 fully saturated rings. The maximum atomic E-state index is 6.06. The molecule has 0 amide bonds. The molecular weight excluding hydrogens is 204 g/mol. The molecule has 1 aromatic rings. The lowest BCUT2D eigenvalue weighted by Gasteiger charge is -2.04. The highest BCUT2D eigenvalue weighted by molar-refractivity contribution is 6.31.